The molecule has 0 aliphatic heterocycles. The molecule has 0 bridgehead atoms. The van der Waals surface area contributed by atoms with E-state index in [1.165, 1.54) is 23.9 Å². The maximum absolute atomic E-state index is 13.2. The van der Waals surface area contributed by atoms with E-state index in [0.717, 1.165) is 22.8 Å². The van der Waals surface area contributed by atoms with Crippen molar-refractivity contribution in [1.82, 2.24) is 14.8 Å². The molecule has 0 unspecified atom stereocenters. The highest BCUT2D eigenvalue weighted by Gasteiger charge is 2.16. The van der Waals surface area contributed by atoms with Gasteiger partial charge in [-0.2, -0.15) is 0 Å². The summed E-state index contributed by atoms with van der Waals surface area (Å²) in [5, 5.41) is 15.3. The van der Waals surface area contributed by atoms with E-state index in [0.29, 0.717) is 17.5 Å². The molecule has 7 nitrogen and oxygen atoms in total. The molecule has 1 amide bonds. The molecule has 33 heavy (non-hydrogen) atoms. The molecule has 1 aromatic heterocycles. The Balaban J connectivity index is 1.52. The molecule has 1 heterocycles. The van der Waals surface area contributed by atoms with Gasteiger partial charge in [0.2, 0.25) is 5.91 Å². The average molecular weight is 464 g/mol. The van der Waals surface area contributed by atoms with E-state index in [2.05, 4.69) is 20.8 Å². The predicted molar refractivity (Wildman–Crippen MR) is 127 cm³/mol. The highest BCUT2D eigenvalue weighted by Crippen LogP contribution is 2.24. The Hall–Kier alpha value is -3.85. The second-order valence-corrected chi connectivity index (χ2v) is 7.94. The van der Waals surface area contributed by atoms with E-state index in [4.69, 9.17) is 4.74 Å². The standard InChI is InChI=1S/C24H22FN5O2S/c1-32-21-13-11-20(12-14-21)30-22(15-26-18-9-7-17(25)8-10-18)28-29-24(30)33-16-23(31)27-19-5-3-2-4-6-19/h2-14,26H,15-16H2,1H3,(H,27,31). The van der Waals surface area contributed by atoms with Crippen LogP contribution in [0.15, 0.2) is 84.0 Å². The van der Waals surface area contributed by atoms with Crippen LogP contribution in [0, 0.1) is 5.82 Å². The Kier molecular flexibility index (Phi) is 7.21. The molecule has 3 aromatic carbocycles. The summed E-state index contributed by atoms with van der Waals surface area (Å²) in [6.07, 6.45) is 0. The zero-order valence-electron chi connectivity index (χ0n) is 17.9. The van der Waals surface area contributed by atoms with Gasteiger partial charge in [0.15, 0.2) is 11.0 Å². The quantitative estimate of drug-likeness (QED) is 0.349. The number of carbonyl (C=O) groups is 1. The minimum atomic E-state index is -0.297. The first kappa shape index (κ1) is 22.3. The van der Waals surface area contributed by atoms with Crippen molar-refractivity contribution in [2.75, 3.05) is 23.5 Å². The Bertz CT molecular complexity index is 1200. The molecule has 2 N–H and O–H groups in total. The number of aromatic nitrogens is 3. The Morgan fingerprint density at radius 1 is 0.970 bits per heavy atom. The first-order chi connectivity index (χ1) is 16.1. The minimum Gasteiger partial charge on any atom is -0.497 e. The number of halogens is 1. The maximum atomic E-state index is 13.2. The fourth-order valence-electron chi connectivity index (χ4n) is 3.10. The van der Waals surface area contributed by atoms with E-state index in [-0.39, 0.29) is 17.5 Å². The smallest absolute Gasteiger partial charge is 0.234 e. The number of rotatable bonds is 9. The number of carbonyl (C=O) groups excluding carboxylic acids is 1. The molecule has 0 saturated heterocycles. The van der Waals surface area contributed by atoms with Crippen LogP contribution in [-0.2, 0) is 11.3 Å². The average Bonchev–Trinajstić information content (AvgIpc) is 3.26. The van der Waals surface area contributed by atoms with Crippen molar-refractivity contribution in [3.05, 3.63) is 90.5 Å². The van der Waals surface area contributed by atoms with Gasteiger partial charge in [0, 0.05) is 17.1 Å². The number of methoxy groups -OCH3 is 1. The number of thioether (sulfide) groups is 1. The van der Waals surface area contributed by atoms with Crippen molar-refractivity contribution in [1.29, 1.82) is 0 Å². The van der Waals surface area contributed by atoms with Gasteiger partial charge < -0.3 is 15.4 Å². The van der Waals surface area contributed by atoms with Crippen LogP contribution in [-0.4, -0.2) is 33.5 Å². The zero-order chi connectivity index (χ0) is 23.0. The lowest BCUT2D eigenvalue weighted by Gasteiger charge is -2.12. The molecule has 0 fully saturated rings. The van der Waals surface area contributed by atoms with Crippen LogP contribution in [0.2, 0.25) is 0 Å². The summed E-state index contributed by atoms with van der Waals surface area (Å²) in [5.41, 5.74) is 2.34. The van der Waals surface area contributed by atoms with Crippen molar-refractivity contribution >= 4 is 29.0 Å². The molecule has 0 saturated carbocycles. The van der Waals surface area contributed by atoms with Gasteiger partial charge in [-0.05, 0) is 60.7 Å². The molecule has 9 heteroatoms. The van der Waals surface area contributed by atoms with E-state index in [1.54, 1.807) is 19.2 Å². The number of amides is 1. The number of nitrogens with one attached hydrogen (secondary N) is 2. The van der Waals surface area contributed by atoms with Crippen molar-refractivity contribution in [3.8, 4) is 11.4 Å². The summed E-state index contributed by atoms with van der Waals surface area (Å²) in [6.45, 7) is 0.363. The second kappa shape index (κ2) is 10.6. The van der Waals surface area contributed by atoms with Crippen LogP contribution in [0.5, 0.6) is 5.75 Å². The number of hydrogen-bond donors (Lipinski definition) is 2. The molecule has 0 aliphatic rings. The number of nitrogens with zero attached hydrogens (tertiary/aromatic N) is 3. The van der Waals surface area contributed by atoms with Crippen LogP contribution < -0.4 is 15.4 Å². The van der Waals surface area contributed by atoms with Crippen molar-refractivity contribution in [3.63, 3.8) is 0 Å². The lowest BCUT2D eigenvalue weighted by atomic mass is 10.3. The van der Waals surface area contributed by atoms with Crippen molar-refractivity contribution in [2.45, 2.75) is 11.7 Å². The molecule has 0 aliphatic carbocycles. The van der Waals surface area contributed by atoms with Gasteiger partial charge in [0.05, 0.1) is 19.4 Å². The predicted octanol–water partition coefficient (Wildman–Crippen LogP) is 4.76. The summed E-state index contributed by atoms with van der Waals surface area (Å²) in [7, 11) is 1.61. The minimum absolute atomic E-state index is 0.138. The van der Waals surface area contributed by atoms with E-state index < -0.39 is 0 Å². The van der Waals surface area contributed by atoms with Gasteiger partial charge in [-0.1, -0.05) is 30.0 Å². The fraction of sp³-hybridized carbons (Fsp3) is 0.125. The van der Waals surface area contributed by atoms with Crippen LogP contribution in [0.3, 0.4) is 0 Å². The molecular formula is C24H22FN5O2S. The van der Waals surface area contributed by atoms with E-state index >= 15 is 0 Å². The highest BCUT2D eigenvalue weighted by molar-refractivity contribution is 7.99. The largest absolute Gasteiger partial charge is 0.497 e. The third kappa shape index (κ3) is 5.89. The molecule has 4 rings (SSSR count). The SMILES string of the molecule is COc1ccc(-n2c(CNc3ccc(F)cc3)nnc2SCC(=O)Nc2ccccc2)cc1. The lowest BCUT2D eigenvalue weighted by Crippen LogP contribution is -2.14. The Labute approximate surface area is 195 Å². The van der Waals surface area contributed by atoms with E-state index in [1.807, 2.05) is 59.2 Å². The molecule has 0 spiro atoms. The first-order valence-corrected chi connectivity index (χ1v) is 11.2. The van der Waals surface area contributed by atoms with Gasteiger partial charge in [0.25, 0.3) is 0 Å². The van der Waals surface area contributed by atoms with Crippen LogP contribution in [0.4, 0.5) is 15.8 Å². The topological polar surface area (TPSA) is 81.1 Å². The van der Waals surface area contributed by atoms with Crippen molar-refractivity contribution < 1.29 is 13.9 Å². The van der Waals surface area contributed by atoms with Crippen molar-refractivity contribution in [2.24, 2.45) is 0 Å². The second-order valence-electron chi connectivity index (χ2n) is 7.00. The number of para-hydroxylation sites is 1. The molecule has 4 aromatic rings. The summed E-state index contributed by atoms with van der Waals surface area (Å²) >= 11 is 1.29. The van der Waals surface area contributed by atoms with Gasteiger partial charge in [-0.25, -0.2) is 4.39 Å². The fourth-order valence-corrected chi connectivity index (χ4v) is 3.87. The number of hydrogen-bond acceptors (Lipinski definition) is 6. The Morgan fingerprint density at radius 3 is 2.39 bits per heavy atom. The molecule has 0 radical (unpaired) electrons. The zero-order valence-corrected chi connectivity index (χ0v) is 18.7. The van der Waals surface area contributed by atoms with Crippen LogP contribution >= 0.6 is 11.8 Å². The van der Waals surface area contributed by atoms with Crippen LogP contribution in [0.25, 0.3) is 5.69 Å². The molecule has 168 valence electrons. The number of ether oxygens (including phenoxy) is 1. The third-order valence-electron chi connectivity index (χ3n) is 4.72. The van der Waals surface area contributed by atoms with Gasteiger partial charge in [0.1, 0.15) is 11.6 Å². The summed E-state index contributed by atoms with van der Waals surface area (Å²) in [4.78, 5) is 12.4. The maximum Gasteiger partial charge on any atom is 0.234 e. The summed E-state index contributed by atoms with van der Waals surface area (Å²) in [5.74, 6) is 1.12. The normalized spacial score (nSPS) is 10.6. The summed E-state index contributed by atoms with van der Waals surface area (Å²) in [6, 6.07) is 22.9. The lowest BCUT2D eigenvalue weighted by molar-refractivity contribution is -0.113. The van der Waals surface area contributed by atoms with Gasteiger partial charge in [-0.15, -0.1) is 10.2 Å². The molecular weight excluding hydrogens is 441 g/mol. The van der Waals surface area contributed by atoms with Gasteiger partial charge in [-0.3, -0.25) is 9.36 Å². The summed E-state index contributed by atoms with van der Waals surface area (Å²) < 4.78 is 20.3. The number of benzene rings is 3. The Morgan fingerprint density at radius 2 is 1.70 bits per heavy atom. The van der Waals surface area contributed by atoms with Crippen LogP contribution in [0.1, 0.15) is 5.82 Å². The number of anilines is 2. The highest BCUT2D eigenvalue weighted by atomic mass is 32.2. The third-order valence-corrected chi connectivity index (χ3v) is 5.64. The molecule has 0 atom stereocenters. The van der Waals surface area contributed by atoms with E-state index in [9.17, 15) is 9.18 Å². The monoisotopic (exact) mass is 463 g/mol. The first-order valence-electron chi connectivity index (χ1n) is 10.2. The van der Waals surface area contributed by atoms with Gasteiger partial charge >= 0.3 is 0 Å².